The van der Waals surface area contributed by atoms with Gasteiger partial charge in [0.05, 0.1) is 6.04 Å². The van der Waals surface area contributed by atoms with E-state index in [9.17, 15) is 14.7 Å². The molecule has 4 rings (SSSR count). The van der Waals surface area contributed by atoms with Gasteiger partial charge in [-0.25, -0.2) is 0 Å². The fourth-order valence-corrected chi connectivity index (χ4v) is 5.35. The van der Waals surface area contributed by atoms with E-state index in [-0.39, 0.29) is 35.5 Å². The Hall–Kier alpha value is -4.63. The lowest BCUT2D eigenvalue weighted by atomic mass is 9.90. The number of carbonyl (C=O) groups excluding carboxylic acids is 2. The maximum absolute atomic E-state index is 14.1. The molecule has 3 aromatic rings. The fraction of sp³-hybridized carbons (Fsp3) is 0.303. The zero-order chi connectivity index (χ0) is 29.9. The number of amides is 2. The molecular weight excluding hydrogens is 528 g/mol. The van der Waals surface area contributed by atoms with E-state index < -0.39 is 12.1 Å². The molecule has 0 aromatic heterocycles. The fourth-order valence-electron chi connectivity index (χ4n) is 5.35. The highest BCUT2D eigenvalue weighted by atomic mass is 16.3. The summed E-state index contributed by atoms with van der Waals surface area (Å²) in [6.45, 7) is 3.24. The molecule has 1 unspecified atom stereocenters. The van der Waals surface area contributed by atoms with E-state index in [1.165, 1.54) is 6.08 Å². The molecule has 42 heavy (non-hydrogen) atoms. The van der Waals surface area contributed by atoms with Gasteiger partial charge in [0, 0.05) is 43.2 Å². The zero-order valence-corrected chi connectivity index (χ0v) is 23.9. The smallest absolute Gasteiger partial charge is 0.244 e. The van der Waals surface area contributed by atoms with Crippen LogP contribution < -0.4 is 21.7 Å². The van der Waals surface area contributed by atoms with E-state index >= 15 is 0 Å². The van der Waals surface area contributed by atoms with Gasteiger partial charge in [0.25, 0.3) is 0 Å². The summed E-state index contributed by atoms with van der Waals surface area (Å²) in [7, 11) is 0. The van der Waals surface area contributed by atoms with Crippen LogP contribution in [0.4, 0.5) is 0 Å². The molecule has 9 heteroatoms. The van der Waals surface area contributed by atoms with Gasteiger partial charge in [0.1, 0.15) is 11.8 Å². The predicted molar refractivity (Wildman–Crippen MR) is 166 cm³/mol. The van der Waals surface area contributed by atoms with Crippen molar-refractivity contribution in [3.63, 3.8) is 0 Å². The van der Waals surface area contributed by atoms with Crippen LogP contribution in [-0.4, -0.2) is 65.5 Å². The van der Waals surface area contributed by atoms with Crippen molar-refractivity contribution in [1.29, 1.82) is 5.41 Å². The monoisotopic (exact) mass is 568 g/mol. The van der Waals surface area contributed by atoms with E-state index in [1.54, 1.807) is 30.3 Å². The number of phenolic OH excluding ortho intramolecular Hbond substituents is 1. The Morgan fingerprint density at radius 1 is 1.07 bits per heavy atom. The number of aromatic hydroxyl groups is 1. The number of benzene rings is 3. The summed E-state index contributed by atoms with van der Waals surface area (Å²) in [5.74, 6) is -0.486. The van der Waals surface area contributed by atoms with Crippen LogP contribution in [0.3, 0.4) is 0 Å². The van der Waals surface area contributed by atoms with Crippen LogP contribution in [0.5, 0.6) is 5.75 Å². The summed E-state index contributed by atoms with van der Waals surface area (Å²) < 4.78 is 0. The van der Waals surface area contributed by atoms with Crippen LogP contribution >= 0.6 is 0 Å². The second kappa shape index (κ2) is 14.8. The van der Waals surface area contributed by atoms with E-state index in [0.29, 0.717) is 38.0 Å². The van der Waals surface area contributed by atoms with E-state index in [2.05, 4.69) is 40.2 Å². The predicted octanol–water partition coefficient (Wildman–Crippen LogP) is 3.17. The van der Waals surface area contributed by atoms with Crippen molar-refractivity contribution in [3.8, 4) is 5.75 Å². The van der Waals surface area contributed by atoms with Gasteiger partial charge in [-0.2, -0.15) is 0 Å². The molecule has 2 amide bonds. The number of guanidine groups is 1. The zero-order valence-electron chi connectivity index (χ0n) is 23.9. The minimum absolute atomic E-state index is 0.0198. The summed E-state index contributed by atoms with van der Waals surface area (Å²) in [6.07, 6.45) is 4.14. The van der Waals surface area contributed by atoms with Crippen molar-refractivity contribution in [2.45, 2.75) is 43.8 Å². The number of phenols is 1. The van der Waals surface area contributed by atoms with Crippen LogP contribution in [0.15, 0.2) is 91.0 Å². The van der Waals surface area contributed by atoms with Gasteiger partial charge >= 0.3 is 0 Å². The minimum atomic E-state index is -0.646. The second-order valence-electron chi connectivity index (χ2n) is 10.5. The van der Waals surface area contributed by atoms with E-state index in [0.717, 1.165) is 11.1 Å². The SMILES string of the molecule is CCC(NC(=N)N)[C@@H]1N[C@H](CNC(=O)/C=C/c2ccccc2O)CCN(CC(c2ccccc2)c2ccccc2)C1=O. The lowest BCUT2D eigenvalue weighted by Gasteiger charge is -2.32. The molecule has 1 saturated heterocycles. The minimum Gasteiger partial charge on any atom is -0.507 e. The average molecular weight is 569 g/mol. The highest BCUT2D eigenvalue weighted by Crippen LogP contribution is 2.27. The van der Waals surface area contributed by atoms with E-state index in [1.807, 2.05) is 48.2 Å². The Balaban J connectivity index is 1.53. The number of hydrogen-bond acceptors (Lipinski definition) is 5. The normalized spacial score (nSPS) is 18.0. The van der Waals surface area contributed by atoms with Gasteiger partial charge in [-0.15, -0.1) is 0 Å². The van der Waals surface area contributed by atoms with Crippen molar-refractivity contribution >= 4 is 23.8 Å². The number of rotatable bonds is 11. The Morgan fingerprint density at radius 3 is 2.29 bits per heavy atom. The molecule has 0 bridgehead atoms. The molecule has 1 aliphatic rings. The van der Waals surface area contributed by atoms with Crippen molar-refractivity contribution < 1.29 is 14.7 Å². The molecule has 0 saturated carbocycles. The topological polar surface area (TPSA) is 144 Å². The van der Waals surface area contributed by atoms with Crippen molar-refractivity contribution in [2.24, 2.45) is 5.73 Å². The Kier molecular flexibility index (Phi) is 10.7. The highest BCUT2D eigenvalue weighted by Gasteiger charge is 2.37. The van der Waals surface area contributed by atoms with Gasteiger partial charge in [-0.1, -0.05) is 85.8 Å². The van der Waals surface area contributed by atoms with Gasteiger partial charge in [-0.05, 0) is 36.1 Å². The number of carbonyl (C=O) groups is 2. The number of nitrogens with zero attached hydrogens (tertiary/aromatic N) is 1. The lowest BCUT2D eigenvalue weighted by molar-refractivity contribution is -0.133. The standard InChI is InChI=1S/C33H40N6O3/c1-2-28(38-33(34)35)31-32(42)39(22-27(23-11-5-3-6-12-23)24-13-7-4-8-14-24)20-19-26(37-31)21-36-30(41)18-17-25-15-9-10-16-29(25)40/h3-18,26-28,31,37,40H,2,19-22H2,1H3,(H,36,41)(H4,34,35,38)/b18-17+/t26-,28?,31-/m0/s1. The van der Waals surface area contributed by atoms with Crippen LogP contribution in [0.1, 0.15) is 42.4 Å². The first-order valence-electron chi connectivity index (χ1n) is 14.3. The number of hydrogen-bond donors (Lipinski definition) is 6. The molecule has 1 heterocycles. The van der Waals surface area contributed by atoms with Gasteiger partial charge in [-0.3, -0.25) is 20.3 Å². The largest absolute Gasteiger partial charge is 0.507 e. The van der Waals surface area contributed by atoms with Crippen LogP contribution in [0.2, 0.25) is 0 Å². The van der Waals surface area contributed by atoms with Crippen LogP contribution in [0, 0.1) is 5.41 Å². The van der Waals surface area contributed by atoms with Crippen LogP contribution in [0.25, 0.3) is 6.08 Å². The first-order valence-corrected chi connectivity index (χ1v) is 14.3. The maximum atomic E-state index is 14.1. The summed E-state index contributed by atoms with van der Waals surface area (Å²) in [6, 6.07) is 25.9. The molecule has 1 aliphatic heterocycles. The van der Waals surface area contributed by atoms with Gasteiger partial charge in [0.15, 0.2) is 5.96 Å². The second-order valence-corrected chi connectivity index (χ2v) is 10.5. The Bertz CT molecular complexity index is 1320. The molecular formula is C33H40N6O3. The highest BCUT2D eigenvalue weighted by molar-refractivity contribution is 5.92. The first kappa shape index (κ1) is 30.3. The summed E-state index contributed by atoms with van der Waals surface area (Å²) in [5.41, 5.74) is 8.49. The molecule has 7 N–H and O–H groups in total. The average Bonchev–Trinajstić information content (AvgIpc) is 3.16. The maximum Gasteiger partial charge on any atom is 0.244 e. The summed E-state index contributed by atoms with van der Waals surface area (Å²) >= 11 is 0. The number of para-hydroxylation sites is 1. The van der Waals surface area contributed by atoms with Gasteiger partial charge < -0.3 is 26.4 Å². The lowest BCUT2D eigenvalue weighted by Crippen LogP contribution is -2.60. The molecule has 0 spiro atoms. The van der Waals surface area contributed by atoms with Gasteiger partial charge in [0.2, 0.25) is 11.8 Å². The third kappa shape index (κ3) is 8.20. The third-order valence-electron chi connectivity index (χ3n) is 7.60. The van der Waals surface area contributed by atoms with E-state index in [4.69, 9.17) is 11.1 Å². The molecule has 3 aromatic carbocycles. The van der Waals surface area contributed by atoms with Crippen molar-refractivity contribution in [2.75, 3.05) is 19.6 Å². The van der Waals surface area contributed by atoms with Crippen molar-refractivity contribution in [1.82, 2.24) is 20.9 Å². The third-order valence-corrected chi connectivity index (χ3v) is 7.60. The molecule has 220 valence electrons. The molecule has 0 aliphatic carbocycles. The first-order chi connectivity index (χ1) is 20.4. The summed E-state index contributed by atoms with van der Waals surface area (Å²) in [4.78, 5) is 28.6. The number of nitrogens with one attached hydrogen (secondary N) is 4. The molecule has 3 atom stereocenters. The number of nitrogens with two attached hydrogens (primary N) is 1. The molecule has 1 fully saturated rings. The quantitative estimate of drug-likeness (QED) is 0.119. The Morgan fingerprint density at radius 2 is 1.69 bits per heavy atom. The van der Waals surface area contributed by atoms with Crippen LogP contribution in [-0.2, 0) is 9.59 Å². The Labute approximate surface area is 247 Å². The summed E-state index contributed by atoms with van der Waals surface area (Å²) in [5, 5.41) is 27.1. The molecule has 0 radical (unpaired) electrons. The van der Waals surface area contributed by atoms with Crippen molar-refractivity contribution in [3.05, 3.63) is 108 Å². The molecule has 9 nitrogen and oxygen atoms in total.